The Hall–Kier alpha value is -3.39. The molecule has 4 rings (SSSR count). The number of carbonyl (C=O) groups is 3. The molecular formula is C24H26N2O6. The van der Waals surface area contributed by atoms with E-state index in [4.69, 9.17) is 9.47 Å². The molecule has 0 aliphatic heterocycles. The van der Waals surface area contributed by atoms with E-state index in [2.05, 4.69) is 10.6 Å². The van der Waals surface area contributed by atoms with Gasteiger partial charge in [-0.15, -0.1) is 0 Å². The molecule has 3 N–H and O–H groups in total. The van der Waals surface area contributed by atoms with E-state index >= 15 is 0 Å². The Labute approximate surface area is 185 Å². The zero-order valence-electron chi connectivity index (χ0n) is 17.7. The first-order valence-electron chi connectivity index (χ1n) is 10.6. The summed E-state index contributed by atoms with van der Waals surface area (Å²) in [6, 6.07) is 14.0. The second-order valence-electron chi connectivity index (χ2n) is 8.14. The van der Waals surface area contributed by atoms with Crippen molar-refractivity contribution < 1.29 is 29.0 Å². The molecule has 2 aromatic carbocycles. The molecule has 0 aromatic heterocycles. The molecule has 1 fully saturated rings. The van der Waals surface area contributed by atoms with Crippen molar-refractivity contribution in [2.24, 2.45) is 5.92 Å². The molecule has 0 saturated heterocycles. The number of carbonyl (C=O) groups excluding carboxylic acids is 2. The summed E-state index contributed by atoms with van der Waals surface area (Å²) < 4.78 is 10.5. The number of amides is 2. The van der Waals surface area contributed by atoms with Crippen LogP contribution in [0.2, 0.25) is 0 Å². The number of benzene rings is 2. The van der Waals surface area contributed by atoms with E-state index in [0.29, 0.717) is 0 Å². The second kappa shape index (κ2) is 9.40. The van der Waals surface area contributed by atoms with Gasteiger partial charge in [-0.05, 0) is 41.0 Å². The van der Waals surface area contributed by atoms with Crippen molar-refractivity contribution in [2.75, 3.05) is 20.3 Å². The first kappa shape index (κ1) is 21.8. The molecule has 1 unspecified atom stereocenters. The first-order chi connectivity index (χ1) is 15.5. The van der Waals surface area contributed by atoms with Crippen LogP contribution in [-0.4, -0.2) is 55.5 Å². The van der Waals surface area contributed by atoms with Crippen LogP contribution in [0.3, 0.4) is 0 Å². The zero-order chi connectivity index (χ0) is 22.7. The molecule has 2 aliphatic carbocycles. The van der Waals surface area contributed by atoms with Crippen LogP contribution < -0.4 is 10.6 Å². The summed E-state index contributed by atoms with van der Waals surface area (Å²) in [5, 5.41) is 14.3. The number of hydrogen-bond acceptors (Lipinski definition) is 5. The van der Waals surface area contributed by atoms with Gasteiger partial charge in [0.05, 0.1) is 6.61 Å². The summed E-state index contributed by atoms with van der Waals surface area (Å²) in [5.74, 6) is -1.87. The summed E-state index contributed by atoms with van der Waals surface area (Å²) in [4.78, 5) is 36.5. The van der Waals surface area contributed by atoms with Crippen molar-refractivity contribution in [1.29, 1.82) is 0 Å². The fraction of sp³-hybridized carbons (Fsp3) is 0.375. The van der Waals surface area contributed by atoms with Gasteiger partial charge in [-0.2, -0.15) is 0 Å². The highest BCUT2D eigenvalue weighted by molar-refractivity contribution is 5.89. The molecule has 32 heavy (non-hydrogen) atoms. The van der Waals surface area contributed by atoms with Gasteiger partial charge in [-0.3, -0.25) is 4.79 Å². The Morgan fingerprint density at radius 1 is 1.00 bits per heavy atom. The van der Waals surface area contributed by atoms with E-state index in [-0.39, 0.29) is 25.0 Å². The summed E-state index contributed by atoms with van der Waals surface area (Å²) in [5.41, 5.74) is 4.41. The third-order valence-corrected chi connectivity index (χ3v) is 5.94. The van der Waals surface area contributed by atoms with E-state index in [1.807, 2.05) is 48.5 Å². The lowest BCUT2D eigenvalue weighted by atomic mass is 9.98. The Morgan fingerprint density at radius 2 is 1.59 bits per heavy atom. The number of ether oxygens (including phenoxy) is 2. The van der Waals surface area contributed by atoms with Gasteiger partial charge in [0.15, 0.2) is 0 Å². The number of nitrogens with one attached hydrogen (secondary N) is 2. The second-order valence-corrected chi connectivity index (χ2v) is 8.14. The molecule has 2 amide bonds. The molecule has 168 valence electrons. The lowest BCUT2D eigenvalue weighted by Crippen LogP contribution is -2.54. The molecule has 1 saturated carbocycles. The quantitative estimate of drug-likeness (QED) is 0.554. The predicted molar refractivity (Wildman–Crippen MR) is 116 cm³/mol. The van der Waals surface area contributed by atoms with E-state index in [1.54, 1.807) is 0 Å². The highest BCUT2D eigenvalue weighted by Gasteiger charge is 2.38. The van der Waals surface area contributed by atoms with Crippen molar-refractivity contribution in [3.05, 3.63) is 59.7 Å². The molecule has 8 nitrogen and oxygen atoms in total. The number of alkyl carbamates (subject to hydrolysis) is 1. The topological polar surface area (TPSA) is 114 Å². The average Bonchev–Trinajstić information content (AvgIpc) is 3.58. The Bertz CT molecular complexity index is 974. The summed E-state index contributed by atoms with van der Waals surface area (Å²) >= 11 is 0. The largest absolute Gasteiger partial charge is 0.480 e. The number of hydrogen-bond donors (Lipinski definition) is 3. The van der Waals surface area contributed by atoms with Gasteiger partial charge >= 0.3 is 12.1 Å². The molecule has 2 aromatic rings. The van der Waals surface area contributed by atoms with Crippen LogP contribution in [0.4, 0.5) is 4.79 Å². The van der Waals surface area contributed by atoms with E-state index < -0.39 is 30.1 Å². The summed E-state index contributed by atoms with van der Waals surface area (Å²) in [6.45, 7) is 0.00798. The van der Waals surface area contributed by atoms with Crippen LogP contribution in [0.15, 0.2) is 48.5 Å². The van der Waals surface area contributed by atoms with Gasteiger partial charge in [0.25, 0.3) is 0 Å². The summed E-state index contributed by atoms with van der Waals surface area (Å²) in [7, 11) is 1.40. The van der Waals surface area contributed by atoms with Gasteiger partial charge in [0.1, 0.15) is 18.7 Å². The molecule has 2 aliphatic rings. The lowest BCUT2D eigenvalue weighted by Gasteiger charge is -2.21. The monoisotopic (exact) mass is 438 g/mol. The maximum atomic E-state index is 12.6. The van der Waals surface area contributed by atoms with Crippen molar-refractivity contribution >= 4 is 18.0 Å². The lowest BCUT2D eigenvalue weighted by molar-refractivity contribution is -0.142. The van der Waals surface area contributed by atoms with Gasteiger partial charge in [-0.25, -0.2) is 9.59 Å². The SMILES string of the molecule is COC[C@H](NC(=O)OCC1c2ccccc2-c2ccccc21)C(=O)NC(C(=O)O)C1CC1. The highest BCUT2D eigenvalue weighted by Crippen LogP contribution is 2.44. The van der Waals surface area contributed by atoms with Gasteiger partial charge in [0, 0.05) is 13.0 Å². The van der Waals surface area contributed by atoms with Crippen molar-refractivity contribution in [3.8, 4) is 11.1 Å². The van der Waals surface area contributed by atoms with Crippen LogP contribution in [0.1, 0.15) is 29.9 Å². The van der Waals surface area contributed by atoms with Crippen molar-refractivity contribution in [1.82, 2.24) is 10.6 Å². The van der Waals surface area contributed by atoms with Crippen LogP contribution in [-0.2, 0) is 19.1 Å². The van der Waals surface area contributed by atoms with Gasteiger partial charge < -0.3 is 25.2 Å². The Balaban J connectivity index is 1.39. The van der Waals surface area contributed by atoms with Crippen LogP contribution >= 0.6 is 0 Å². The van der Waals surface area contributed by atoms with Crippen LogP contribution in [0, 0.1) is 5.92 Å². The molecule has 0 spiro atoms. The first-order valence-corrected chi connectivity index (χ1v) is 10.6. The minimum atomic E-state index is -1.09. The smallest absolute Gasteiger partial charge is 0.407 e. The van der Waals surface area contributed by atoms with E-state index in [0.717, 1.165) is 35.1 Å². The number of rotatable bonds is 9. The number of fused-ring (bicyclic) bond motifs is 3. The third kappa shape index (κ3) is 4.60. The normalized spacial score (nSPS) is 16.4. The highest BCUT2D eigenvalue weighted by atomic mass is 16.5. The standard InChI is InChI=1S/C24H26N2O6/c1-31-13-20(22(27)26-21(23(28)29)14-10-11-14)25-24(30)32-12-19-17-8-4-2-6-15(17)16-7-3-5-9-18(16)19/h2-9,14,19-21H,10-13H2,1H3,(H,25,30)(H,26,27)(H,28,29)/t20-,21?/m0/s1. The average molecular weight is 438 g/mol. The number of aliphatic carboxylic acids is 1. The summed E-state index contributed by atoms with van der Waals surface area (Å²) in [6.07, 6.45) is 0.750. The maximum Gasteiger partial charge on any atom is 0.407 e. The van der Waals surface area contributed by atoms with Crippen LogP contribution in [0.25, 0.3) is 11.1 Å². The number of carboxylic acid groups (broad SMARTS) is 1. The van der Waals surface area contributed by atoms with Gasteiger partial charge in [-0.1, -0.05) is 48.5 Å². The van der Waals surface area contributed by atoms with Crippen molar-refractivity contribution in [3.63, 3.8) is 0 Å². The maximum absolute atomic E-state index is 12.6. The Morgan fingerprint density at radius 3 is 2.12 bits per heavy atom. The van der Waals surface area contributed by atoms with Crippen molar-refractivity contribution in [2.45, 2.75) is 30.8 Å². The molecular weight excluding hydrogens is 412 g/mol. The fourth-order valence-electron chi connectivity index (χ4n) is 4.20. The molecule has 8 heteroatoms. The minimum Gasteiger partial charge on any atom is -0.480 e. The van der Waals surface area contributed by atoms with E-state index in [1.165, 1.54) is 7.11 Å². The molecule has 0 heterocycles. The minimum absolute atomic E-state index is 0.0749. The fourth-order valence-corrected chi connectivity index (χ4v) is 4.20. The molecule has 0 bridgehead atoms. The van der Waals surface area contributed by atoms with Gasteiger partial charge in [0.2, 0.25) is 5.91 Å². The zero-order valence-corrected chi connectivity index (χ0v) is 17.7. The predicted octanol–water partition coefficient (Wildman–Crippen LogP) is 2.52. The van der Waals surface area contributed by atoms with Crippen LogP contribution in [0.5, 0.6) is 0 Å². The van der Waals surface area contributed by atoms with E-state index in [9.17, 15) is 19.5 Å². The third-order valence-electron chi connectivity index (χ3n) is 5.94. The molecule has 2 atom stereocenters. The number of carboxylic acids is 1. The molecule has 0 radical (unpaired) electrons. The Kier molecular flexibility index (Phi) is 6.41. The number of methoxy groups -OCH3 is 1.